The van der Waals surface area contributed by atoms with Crippen LogP contribution in [0.25, 0.3) is 11.0 Å². The van der Waals surface area contributed by atoms with Gasteiger partial charge in [-0.25, -0.2) is 0 Å². The van der Waals surface area contributed by atoms with E-state index in [1.807, 2.05) is 0 Å². The van der Waals surface area contributed by atoms with Crippen molar-refractivity contribution in [2.45, 2.75) is 31.8 Å². The molecule has 6 N–H and O–H groups in total. The largest absolute Gasteiger partial charge is 0.495 e. The van der Waals surface area contributed by atoms with Gasteiger partial charge in [-0.2, -0.15) is 9.97 Å². The Labute approximate surface area is 191 Å². The number of anilines is 2. The molecule has 1 amide bonds. The SMILES string of the molecule is CNC(=O)c1ccc(Nc2nc(OC3CCCC3)c3c(C(=N)/C=C\N)c[nH]c3n2)c(OC)c1. The molecule has 33 heavy (non-hydrogen) atoms. The normalized spacial score (nSPS) is 14.0. The van der Waals surface area contributed by atoms with Gasteiger partial charge in [0.1, 0.15) is 17.5 Å². The maximum absolute atomic E-state index is 11.9. The highest BCUT2D eigenvalue weighted by atomic mass is 16.5. The van der Waals surface area contributed by atoms with Crippen LogP contribution in [0.1, 0.15) is 41.6 Å². The predicted molar refractivity (Wildman–Crippen MR) is 127 cm³/mol. The maximum Gasteiger partial charge on any atom is 0.251 e. The van der Waals surface area contributed by atoms with Gasteiger partial charge in [-0.15, -0.1) is 0 Å². The van der Waals surface area contributed by atoms with Crippen molar-refractivity contribution in [1.29, 1.82) is 5.41 Å². The highest BCUT2D eigenvalue weighted by Crippen LogP contribution is 2.34. The average molecular weight is 450 g/mol. The molecule has 0 spiro atoms. The predicted octanol–water partition coefficient (Wildman–Crippen LogP) is 3.23. The molecule has 1 fully saturated rings. The van der Waals surface area contributed by atoms with E-state index in [2.05, 4.69) is 25.6 Å². The molecule has 0 aliphatic heterocycles. The van der Waals surface area contributed by atoms with Crippen molar-refractivity contribution < 1.29 is 14.3 Å². The van der Waals surface area contributed by atoms with Gasteiger partial charge in [0.05, 0.1) is 23.9 Å². The fraction of sp³-hybridized carbons (Fsp3) is 0.304. The number of fused-ring (bicyclic) bond motifs is 1. The van der Waals surface area contributed by atoms with E-state index in [1.165, 1.54) is 19.4 Å². The molecule has 0 unspecified atom stereocenters. The van der Waals surface area contributed by atoms with Crippen LogP contribution in [-0.2, 0) is 0 Å². The summed E-state index contributed by atoms with van der Waals surface area (Å²) >= 11 is 0. The lowest BCUT2D eigenvalue weighted by Gasteiger charge is -2.16. The molecule has 0 saturated heterocycles. The van der Waals surface area contributed by atoms with Gasteiger partial charge in [-0.05, 0) is 56.2 Å². The number of carbonyl (C=O) groups is 1. The van der Waals surface area contributed by atoms with Gasteiger partial charge in [0.25, 0.3) is 5.91 Å². The molecule has 172 valence electrons. The molecular weight excluding hydrogens is 422 g/mol. The number of hydrogen-bond donors (Lipinski definition) is 5. The van der Waals surface area contributed by atoms with Crippen molar-refractivity contribution in [2.24, 2.45) is 5.73 Å². The monoisotopic (exact) mass is 449 g/mol. The lowest BCUT2D eigenvalue weighted by Crippen LogP contribution is -2.17. The highest BCUT2D eigenvalue weighted by Gasteiger charge is 2.23. The molecule has 0 atom stereocenters. The number of rotatable bonds is 8. The number of nitrogens with two attached hydrogens (primary N) is 1. The third kappa shape index (κ3) is 4.59. The smallest absolute Gasteiger partial charge is 0.251 e. The van der Waals surface area contributed by atoms with Crippen molar-refractivity contribution >= 4 is 34.3 Å². The van der Waals surface area contributed by atoms with Gasteiger partial charge in [0.15, 0.2) is 0 Å². The number of carbonyl (C=O) groups excluding carboxylic acids is 1. The lowest BCUT2D eigenvalue weighted by molar-refractivity contribution is 0.0962. The number of nitrogens with one attached hydrogen (secondary N) is 4. The molecule has 1 aliphatic carbocycles. The molecule has 2 heterocycles. The molecule has 0 radical (unpaired) electrons. The number of aromatic nitrogens is 3. The number of benzene rings is 1. The standard InChI is InChI=1S/C23H27N7O3/c1-26-21(31)13-7-8-17(18(11-13)32-2)28-23-29-20-19(15(12-27-20)16(25)9-10-24)22(30-23)33-14-5-3-4-6-14/h7-12,14,25H,3-6,24H2,1-2H3,(H,26,31)(H2,27,28,29,30)/b10-9-,25-16?. The molecule has 0 bridgehead atoms. The number of hydrogen-bond acceptors (Lipinski definition) is 8. The molecule has 1 saturated carbocycles. The lowest BCUT2D eigenvalue weighted by atomic mass is 10.1. The molecule has 4 rings (SSSR count). The van der Waals surface area contributed by atoms with E-state index in [0.717, 1.165) is 25.7 Å². The summed E-state index contributed by atoms with van der Waals surface area (Å²) in [5, 5.41) is 14.7. The highest BCUT2D eigenvalue weighted by molar-refractivity contribution is 6.15. The van der Waals surface area contributed by atoms with Gasteiger partial charge < -0.3 is 36.2 Å². The van der Waals surface area contributed by atoms with Crippen molar-refractivity contribution in [3.05, 3.63) is 47.8 Å². The second-order valence-corrected chi connectivity index (χ2v) is 7.69. The number of H-pyrrole nitrogens is 1. The van der Waals surface area contributed by atoms with E-state index in [9.17, 15) is 4.79 Å². The molecule has 10 heteroatoms. The Bertz CT molecular complexity index is 1210. The minimum absolute atomic E-state index is 0.0688. The number of aromatic amines is 1. The first kappa shape index (κ1) is 22.1. The van der Waals surface area contributed by atoms with E-state index in [4.69, 9.17) is 20.6 Å². The van der Waals surface area contributed by atoms with E-state index >= 15 is 0 Å². The number of ether oxygens (including phenoxy) is 2. The number of allylic oxidation sites excluding steroid dienone is 1. The van der Waals surface area contributed by atoms with Gasteiger partial charge in [-0.3, -0.25) is 4.79 Å². The first-order valence-electron chi connectivity index (χ1n) is 10.7. The van der Waals surface area contributed by atoms with Crippen LogP contribution in [0.2, 0.25) is 0 Å². The van der Waals surface area contributed by atoms with E-state index in [1.54, 1.807) is 31.4 Å². The van der Waals surface area contributed by atoms with Crippen LogP contribution in [0.5, 0.6) is 11.6 Å². The Balaban J connectivity index is 1.74. The molecule has 10 nitrogen and oxygen atoms in total. The summed E-state index contributed by atoms with van der Waals surface area (Å²) in [5.74, 6) is 0.968. The molecular formula is C23H27N7O3. The van der Waals surface area contributed by atoms with Gasteiger partial charge in [0, 0.05) is 24.4 Å². The summed E-state index contributed by atoms with van der Waals surface area (Å²) < 4.78 is 11.7. The second-order valence-electron chi connectivity index (χ2n) is 7.69. The van der Waals surface area contributed by atoms with Gasteiger partial charge in [-0.1, -0.05) is 0 Å². The van der Waals surface area contributed by atoms with Crippen LogP contribution in [0, 0.1) is 5.41 Å². The summed E-state index contributed by atoms with van der Waals surface area (Å²) in [7, 11) is 3.10. The summed E-state index contributed by atoms with van der Waals surface area (Å²) in [6, 6.07) is 5.06. The van der Waals surface area contributed by atoms with Gasteiger partial charge >= 0.3 is 0 Å². The van der Waals surface area contributed by atoms with Crippen molar-refractivity contribution in [1.82, 2.24) is 20.3 Å². The van der Waals surface area contributed by atoms with Crippen LogP contribution >= 0.6 is 0 Å². The van der Waals surface area contributed by atoms with Crippen LogP contribution < -0.4 is 25.8 Å². The minimum atomic E-state index is -0.210. The number of amides is 1. The quantitative estimate of drug-likeness (QED) is 0.331. The van der Waals surface area contributed by atoms with E-state index in [0.29, 0.717) is 45.4 Å². The maximum atomic E-state index is 11.9. The molecule has 3 aromatic rings. The molecule has 2 aromatic heterocycles. The first-order valence-corrected chi connectivity index (χ1v) is 10.7. The van der Waals surface area contributed by atoms with Gasteiger partial charge in [0.2, 0.25) is 11.8 Å². The first-order chi connectivity index (χ1) is 16.0. The Morgan fingerprint density at radius 3 is 2.79 bits per heavy atom. The minimum Gasteiger partial charge on any atom is -0.495 e. The summed E-state index contributed by atoms with van der Waals surface area (Å²) in [6.45, 7) is 0. The molecule has 1 aliphatic rings. The fourth-order valence-corrected chi connectivity index (χ4v) is 3.90. The average Bonchev–Trinajstić information content (AvgIpc) is 3.49. The van der Waals surface area contributed by atoms with Crippen molar-refractivity contribution in [2.75, 3.05) is 19.5 Å². The van der Waals surface area contributed by atoms with Crippen LogP contribution in [0.15, 0.2) is 36.7 Å². The summed E-state index contributed by atoms with van der Waals surface area (Å²) in [4.78, 5) is 24.3. The Hall–Kier alpha value is -4.08. The number of methoxy groups -OCH3 is 1. The van der Waals surface area contributed by atoms with Crippen LogP contribution in [-0.4, -0.2) is 46.8 Å². The zero-order chi connectivity index (χ0) is 23.4. The second kappa shape index (κ2) is 9.60. The third-order valence-corrected chi connectivity index (χ3v) is 5.57. The van der Waals surface area contributed by atoms with Crippen molar-refractivity contribution in [3.63, 3.8) is 0 Å². The zero-order valence-electron chi connectivity index (χ0n) is 18.6. The summed E-state index contributed by atoms with van der Waals surface area (Å²) in [6.07, 6.45) is 8.75. The Morgan fingerprint density at radius 1 is 1.30 bits per heavy atom. The third-order valence-electron chi connectivity index (χ3n) is 5.57. The van der Waals surface area contributed by atoms with E-state index in [-0.39, 0.29) is 17.7 Å². The fourth-order valence-electron chi connectivity index (χ4n) is 3.90. The summed E-state index contributed by atoms with van der Waals surface area (Å²) in [5.41, 5.74) is 7.93. The molecule has 1 aromatic carbocycles. The topological polar surface area (TPSA) is 151 Å². The zero-order valence-corrected chi connectivity index (χ0v) is 18.6. The van der Waals surface area contributed by atoms with Crippen molar-refractivity contribution in [3.8, 4) is 11.6 Å². The Morgan fingerprint density at radius 2 is 2.09 bits per heavy atom. The Kier molecular flexibility index (Phi) is 6.43. The number of nitrogens with zero attached hydrogens (tertiary/aromatic N) is 2. The van der Waals surface area contributed by atoms with Crippen LogP contribution in [0.3, 0.4) is 0 Å². The van der Waals surface area contributed by atoms with E-state index < -0.39 is 0 Å². The van der Waals surface area contributed by atoms with Crippen LogP contribution in [0.4, 0.5) is 11.6 Å².